The number of aromatic nitrogens is 2. The molecule has 5 rings (SSSR count). The van der Waals surface area contributed by atoms with E-state index in [4.69, 9.17) is 0 Å². The van der Waals surface area contributed by atoms with Crippen LogP contribution >= 0.6 is 0 Å². The normalized spacial score (nSPS) is 12.4. The van der Waals surface area contributed by atoms with Gasteiger partial charge in [0.2, 0.25) is 0 Å². The second-order valence-electron chi connectivity index (χ2n) is 12.6. The van der Waals surface area contributed by atoms with Crippen LogP contribution in [0.25, 0.3) is 43.4 Å². The number of rotatable bonds is 8. The number of carbonyl (C=O) groups is 1. The van der Waals surface area contributed by atoms with Crippen LogP contribution in [0.2, 0.25) is 0 Å². The molecule has 1 radical (unpaired) electrons. The molecule has 1 heterocycles. The van der Waals surface area contributed by atoms with Crippen molar-refractivity contribution in [1.29, 1.82) is 0 Å². The summed E-state index contributed by atoms with van der Waals surface area (Å²) in [6, 6.07) is 16.9. The van der Waals surface area contributed by atoms with Crippen molar-refractivity contribution in [3.05, 3.63) is 71.8 Å². The Kier molecular flexibility index (Phi) is 11.3. The molecule has 1 aromatic heterocycles. The van der Waals surface area contributed by atoms with Gasteiger partial charge < -0.3 is 5.11 Å². The Balaban J connectivity index is 0.000000263. The minimum absolute atomic E-state index is 0. The molecule has 0 aliphatic rings. The van der Waals surface area contributed by atoms with Gasteiger partial charge in [-0.1, -0.05) is 90.4 Å². The Morgan fingerprint density at radius 3 is 2.21 bits per heavy atom. The maximum atomic E-state index is 11.7. The number of aliphatic hydroxyl groups is 1. The van der Waals surface area contributed by atoms with Crippen molar-refractivity contribution in [2.75, 3.05) is 0 Å². The van der Waals surface area contributed by atoms with E-state index in [1.807, 2.05) is 27.7 Å². The van der Waals surface area contributed by atoms with Crippen molar-refractivity contribution in [3.63, 3.8) is 0 Å². The molecular weight excluding hydrogens is 697 g/mol. The van der Waals surface area contributed by atoms with Crippen LogP contribution in [-0.4, -0.2) is 20.9 Å². The van der Waals surface area contributed by atoms with Crippen LogP contribution < -0.4 is 0 Å². The number of nitrogens with zero attached hydrogens (tertiary/aromatic N) is 2. The van der Waals surface area contributed by atoms with E-state index in [0.29, 0.717) is 0 Å². The van der Waals surface area contributed by atoms with Gasteiger partial charge in [-0.25, -0.2) is 4.98 Å². The molecule has 1 N–H and O–H groups in total. The molecule has 0 saturated heterocycles. The molecule has 0 unspecified atom stereocenters. The second-order valence-corrected chi connectivity index (χ2v) is 12.6. The summed E-state index contributed by atoms with van der Waals surface area (Å²) >= 11 is 0. The largest absolute Gasteiger partial charge is 0.512 e. The molecule has 0 fully saturated rings. The van der Waals surface area contributed by atoms with Crippen LogP contribution in [0.3, 0.4) is 0 Å². The van der Waals surface area contributed by atoms with E-state index in [0.717, 1.165) is 59.5 Å². The third kappa shape index (κ3) is 7.18. The van der Waals surface area contributed by atoms with Crippen molar-refractivity contribution in [2.24, 2.45) is 17.3 Å². The van der Waals surface area contributed by atoms with Gasteiger partial charge in [-0.15, -0.1) is 28.5 Å². The van der Waals surface area contributed by atoms with E-state index in [-0.39, 0.29) is 48.9 Å². The van der Waals surface area contributed by atoms with Gasteiger partial charge in [-0.2, -0.15) is 0 Å². The van der Waals surface area contributed by atoms with Crippen LogP contribution in [0.5, 0.6) is 0 Å². The van der Waals surface area contributed by atoms with E-state index in [2.05, 4.69) is 80.1 Å². The number of fused-ring (bicyclic) bond motifs is 2. The SMILES string of the molecule is CCC(CC)C(=O)/C=C(\O)C(CC)CC.Cc1[c-]c2c3ncnc4cc(CC(C)(C)C)cc(c5cccc(c1)c25)c43.[Ir]. The summed E-state index contributed by atoms with van der Waals surface area (Å²) in [6.07, 6.45) is 7.62. The van der Waals surface area contributed by atoms with Crippen LogP contribution in [0.4, 0.5) is 0 Å². The first kappa shape index (κ1) is 33.6. The summed E-state index contributed by atoms with van der Waals surface area (Å²) in [7, 11) is 0. The van der Waals surface area contributed by atoms with Crippen LogP contribution in [0.15, 0.2) is 54.6 Å². The zero-order valence-electron chi connectivity index (χ0n) is 26.4. The Morgan fingerprint density at radius 1 is 0.929 bits per heavy atom. The van der Waals surface area contributed by atoms with Crippen molar-refractivity contribution >= 4 is 49.1 Å². The van der Waals surface area contributed by atoms with Gasteiger partial charge in [0.15, 0.2) is 5.78 Å². The third-order valence-corrected chi connectivity index (χ3v) is 8.18. The molecule has 0 spiro atoms. The van der Waals surface area contributed by atoms with Crippen LogP contribution in [-0.2, 0) is 31.3 Å². The Morgan fingerprint density at radius 2 is 1.60 bits per heavy atom. The zero-order valence-corrected chi connectivity index (χ0v) is 28.8. The summed E-state index contributed by atoms with van der Waals surface area (Å²) in [5.41, 5.74) is 4.76. The molecule has 0 saturated carbocycles. The predicted molar refractivity (Wildman–Crippen MR) is 174 cm³/mol. The smallest absolute Gasteiger partial charge is 0.162 e. The summed E-state index contributed by atoms with van der Waals surface area (Å²) in [4.78, 5) is 21.0. The first-order valence-electron chi connectivity index (χ1n) is 15.2. The number of aliphatic hydroxyl groups excluding tert-OH is 1. The zero-order chi connectivity index (χ0) is 29.9. The minimum atomic E-state index is 0. The Hall–Kier alpha value is -2.88. The number of benzene rings is 4. The van der Waals surface area contributed by atoms with Gasteiger partial charge >= 0.3 is 0 Å². The van der Waals surface area contributed by atoms with Gasteiger partial charge in [0.1, 0.15) is 6.33 Å². The molecule has 4 aromatic carbocycles. The van der Waals surface area contributed by atoms with Gasteiger partial charge in [0.25, 0.3) is 0 Å². The molecule has 0 amide bonds. The van der Waals surface area contributed by atoms with Crippen molar-refractivity contribution in [3.8, 4) is 0 Å². The van der Waals surface area contributed by atoms with Gasteiger partial charge in [0, 0.05) is 43.5 Å². The fourth-order valence-electron chi connectivity index (χ4n) is 6.05. The van der Waals surface area contributed by atoms with Gasteiger partial charge in [-0.3, -0.25) is 9.78 Å². The molecule has 5 heteroatoms. The van der Waals surface area contributed by atoms with E-state index in [1.165, 1.54) is 33.2 Å². The summed E-state index contributed by atoms with van der Waals surface area (Å²) in [5, 5.41) is 17.1. The van der Waals surface area contributed by atoms with Gasteiger partial charge in [-0.05, 0) is 59.9 Å². The van der Waals surface area contributed by atoms with E-state index in [1.54, 1.807) is 6.33 Å². The number of carbonyl (C=O) groups excluding carboxylic acids is 1. The maximum absolute atomic E-state index is 11.7. The molecule has 0 aliphatic heterocycles. The second kappa shape index (κ2) is 14.1. The van der Waals surface area contributed by atoms with E-state index < -0.39 is 0 Å². The fourth-order valence-corrected chi connectivity index (χ4v) is 6.05. The Labute approximate surface area is 264 Å². The monoisotopic (exact) mass is 742 g/mol. The Bertz CT molecular complexity index is 1690. The number of allylic oxidation sites excluding steroid dienone is 2. The number of hydrogen-bond donors (Lipinski definition) is 1. The molecular formula is C37H45IrN2O2-. The summed E-state index contributed by atoms with van der Waals surface area (Å²) in [6.45, 7) is 17.0. The summed E-state index contributed by atoms with van der Waals surface area (Å²) in [5.74, 6) is 0.547. The topological polar surface area (TPSA) is 63.1 Å². The number of aryl methyl sites for hydroxylation is 1. The quantitative estimate of drug-likeness (QED) is 0.0566. The first-order chi connectivity index (χ1) is 19.5. The standard InChI is InChI=1S/C24H21N2.C13H24O2.Ir/c1-14-8-16-6-5-7-17-18-10-15(12-24(2,3)4)11-20-22(18)23(26-13-25-20)19(9-14)21(16)17;1-5-10(6-2)12(14)9-13(15)11(7-3)8-4;/h5-8,10-11,13H,12H2,1-4H3;9-11,14H,5-8H2,1-4H3;/q-1;;/b;12-9-;. The first-order valence-corrected chi connectivity index (χ1v) is 15.2. The molecule has 0 atom stereocenters. The van der Waals surface area contributed by atoms with Crippen LogP contribution in [0, 0.1) is 30.2 Å². The average molecular weight is 742 g/mol. The van der Waals surface area contributed by atoms with Crippen LogP contribution in [0.1, 0.15) is 85.3 Å². The average Bonchev–Trinajstić information content (AvgIpc) is 2.91. The predicted octanol–water partition coefficient (Wildman–Crippen LogP) is 10.1. The fraction of sp³-hybridized carbons (Fsp3) is 0.432. The molecule has 0 aliphatic carbocycles. The maximum Gasteiger partial charge on any atom is 0.162 e. The van der Waals surface area contributed by atoms with E-state index in [9.17, 15) is 9.90 Å². The molecule has 4 nitrogen and oxygen atoms in total. The third-order valence-electron chi connectivity index (χ3n) is 8.18. The summed E-state index contributed by atoms with van der Waals surface area (Å²) < 4.78 is 0. The van der Waals surface area contributed by atoms with Crippen molar-refractivity contribution < 1.29 is 30.0 Å². The molecule has 5 aromatic rings. The molecule has 225 valence electrons. The van der Waals surface area contributed by atoms with E-state index >= 15 is 0 Å². The van der Waals surface area contributed by atoms with Crippen molar-refractivity contribution in [1.82, 2.24) is 9.97 Å². The number of hydrogen-bond acceptors (Lipinski definition) is 4. The molecule has 42 heavy (non-hydrogen) atoms. The number of ketones is 1. The molecule has 0 bridgehead atoms. The van der Waals surface area contributed by atoms with Crippen molar-refractivity contribution in [2.45, 2.75) is 87.5 Å². The minimum Gasteiger partial charge on any atom is -0.512 e. The van der Waals surface area contributed by atoms with Gasteiger partial charge in [0.05, 0.1) is 11.3 Å².